The molecule has 0 spiro atoms. The first-order valence-electron chi connectivity index (χ1n) is 19.5. The molecule has 5 heterocycles. The lowest BCUT2D eigenvalue weighted by Crippen LogP contribution is -2.16. The molecule has 2 aromatic heterocycles. The lowest BCUT2D eigenvalue weighted by molar-refractivity contribution is -0.133. The maximum Gasteiger partial charge on any atom is 0.346 e. The highest BCUT2D eigenvalue weighted by atomic mass is 32.2. The number of fused-ring (bicyclic) bond motifs is 4. The van der Waals surface area contributed by atoms with Crippen LogP contribution >= 0.6 is 34.4 Å². The van der Waals surface area contributed by atoms with E-state index >= 15 is 0 Å². The van der Waals surface area contributed by atoms with Gasteiger partial charge in [0.15, 0.2) is 23.0 Å². The topological polar surface area (TPSA) is 199 Å². The SMILES string of the molecule is COCCOCCOCCOc1ccc(N2c3ccc(-c4sc(/C=C(/C#N)C(=O)O)c5c4OCCO5)cc3Sc3cc(-c4sc(/C=C(/C#N)C(=O)O)c5c4OCCO5)ccc32)cc1. The molecule has 0 aliphatic carbocycles. The molecule has 2 N–H and O–H groups in total. The molecule has 0 atom stereocenters. The van der Waals surface area contributed by atoms with E-state index in [0.717, 1.165) is 47.7 Å². The van der Waals surface area contributed by atoms with Gasteiger partial charge in [-0.3, -0.25) is 0 Å². The summed E-state index contributed by atoms with van der Waals surface area (Å²) in [7, 11) is 1.62. The van der Waals surface area contributed by atoms with Crippen LogP contribution in [-0.4, -0.2) is 95.3 Å². The van der Waals surface area contributed by atoms with Gasteiger partial charge in [0.2, 0.25) is 0 Å². The quantitative estimate of drug-likeness (QED) is 0.0500. The molecule has 63 heavy (non-hydrogen) atoms. The normalized spacial score (nSPS) is 14.0. The summed E-state index contributed by atoms with van der Waals surface area (Å²) in [6.07, 6.45) is 2.61. The molecular formula is C45H37N3O12S3. The van der Waals surface area contributed by atoms with E-state index in [1.165, 1.54) is 34.8 Å². The van der Waals surface area contributed by atoms with Crippen LogP contribution in [0.2, 0.25) is 0 Å². The van der Waals surface area contributed by atoms with Gasteiger partial charge in [-0.2, -0.15) is 10.5 Å². The molecule has 0 bridgehead atoms. The van der Waals surface area contributed by atoms with Crippen LogP contribution in [-0.2, 0) is 23.8 Å². The minimum atomic E-state index is -1.34. The number of carboxylic acids is 2. The minimum absolute atomic E-state index is 0.275. The van der Waals surface area contributed by atoms with Gasteiger partial charge in [-0.25, -0.2) is 9.59 Å². The van der Waals surface area contributed by atoms with Crippen molar-refractivity contribution < 1.29 is 57.7 Å². The van der Waals surface area contributed by atoms with Crippen molar-refractivity contribution in [2.45, 2.75) is 9.79 Å². The van der Waals surface area contributed by atoms with Crippen LogP contribution < -0.4 is 28.6 Å². The Labute approximate surface area is 373 Å². The van der Waals surface area contributed by atoms with E-state index in [4.69, 9.17) is 37.9 Å². The molecular weight excluding hydrogens is 871 g/mol. The second-order valence-electron chi connectivity index (χ2n) is 13.6. The molecule has 0 radical (unpaired) electrons. The number of aliphatic carboxylic acids is 2. The summed E-state index contributed by atoms with van der Waals surface area (Å²) < 4.78 is 46.1. The minimum Gasteiger partial charge on any atom is -0.491 e. The number of carbonyl (C=O) groups is 2. The second kappa shape index (κ2) is 19.7. The van der Waals surface area contributed by atoms with E-state index in [-0.39, 0.29) is 13.2 Å². The van der Waals surface area contributed by atoms with Gasteiger partial charge < -0.3 is 53.0 Å². The smallest absolute Gasteiger partial charge is 0.346 e. The fraction of sp³-hybridized carbons (Fsp3) is 0.244. The molecule has 0 unspecified atom stereocenters. The summed E-state index contributed by atoms with van der Waals surface area (Å²) in [5.74, 6) is -0.265. The zero-order valence-corrected chi connectivity index (χ0v) is 36.0. The van der Waals surface area contributed by atoms with Crippen molar-refractivity contribution in [3.63, 3.8) is 0 Å². The number of hydrogen-bond donors (Lipinski definition) is 2. The predicted octanol–water partition coefficient (Wildman–Crippen LogP) is 8.66. The molecule has 0 saturated heterocycles. The van der Waals surface area contributed by atoms with Crippen molar-refractivity contribution in [1.29, 1.82) is 10.5 Å². The van der Waals surface area contributed by atoms with Gasteiger partial charge in [-0.1, -0.05) is 23.9 Å². The van der Waals surface area contributed by atoms with Crippen molar-refractivity contribution >= 4 is 75.6 Å². The van der Waals surface area contributed by atoms with Crippen LogP contribution in [0.5, 0.6) is 28.7 Å². The first-order chi connectivity index (χ1) is 30.8. The summed E-state index contributed by atoms with van der Waals surface area (Å²) in [5.41, 5.74) is 3.41. The Hall–Kier alpha value is -6.51. The van der Waals surface area contributed by atoms with E-state index in [2.05, 4.69) is 4.90 Å². The predicted molar refractivity (Wildman–Crippen MR) is 235 cm³/mol. The van der Waals surface area contributed by atoms with E-state index < -0.39 is 23.1 Å². The summed E-state index contributed by atoms with van der Waals surface area (Å²) in [6.45, 7) is 3.86. The van der Waals surface area contributed by atoms with Gasteiger partial charge in [0.05, 0.1) is 63.9 Å². The largest absolute Gasteiger partial charge is 0.491 e. The van der Waals surface area contributed by atoms with Gasteiger partial charge in [-0.05, 0) is 71.8 Å². The Bertz CT molecular complexity index is 2540. The Kier molecular flexibility index (Phi) is 13.5. The van der Waals surface area contributed by atoms with Gasteiger partial charge in [0.25, 0.3) is 0 Å². The third-order valence-electron chi connectivity index (χ3n) is 9.64. The lowest BCUT2D eigenvalue weighted by Gasteiger charge is -2.33. The van der Waals surface area contributed by atoms with Crippen molar-refractivity contribution in [3.8, 4) is 61.8 Å². The van der Waals surface area contributed by atoms with Crippen molar-refractivity contribution in [1.82, 2.24) is 0 Å². The number of hydrogen-bond acceptors (Lipinski definition) is 16. The number of nitrogens with zero attached hydrogens (tertiary/aromatic N) is 3. The highest BCUT2D eigenvalue weighted by Crippen LogP contribution is 2.57. The Morgan fingerprint density at radius 2 is 1.13 bits per heavy atom. The van der Waals surface area contributed by atoms with E-state index in [0.29, 0.717) is 91.4 Å². The van der Waals surface area contributed by atoms with Crippen LogP contribution in [0.25, 0.3) is 33.0 Å². The third kappa shape index (κ3) is 9.32. The molecule has 0 fully saturated rings. The maximum absolute atomic E-state index is 11.8. The summed E-state index contributed by atoms with van der Waals surface area (Å²) in [5, 5.41) is 38.2. The van der Waals surface area contributed by atoms with Crippen LogP contribution in [0.1, 0.15) is 9.75 Å². The number of carboxylic acid groups (broad SMARTS) is 2. The van der Waals surface area contributed by atoms with Crippen molar-refractivity contribution in [3.05, 3.63) is 81.6 Å². The van der Waals surface area contributed by atoms with Gasteiger partial charge >= 0.3 is 11.9 Å². The molecule has 3 aliphatic rings. The Balaban J connectivity index is 1.15. The fourth-order valence-corrected chi connectivity index (χ4v) is 10.2. The summed E-state index contributed by atoms with van der Waals surface area (Å²) in [6, 6.07) is 23.3. The van der Waals surface area contributed by atoms with E-state index in [1.807, 2.05) is 60.7 Å². The first-order valence-corrected chi connectivity index (χ1v) is 21.9. The number of thiophene rings is 2. The van der Waals surface area contributed by atoms with Gasteiger partial charge in [-0.15, -0.1) is 22.7 Å². The first kappa shape index (κ1) is 43.2. The average molecular weight is 908 g/mol. The Morgan fingerprint density at radius 1 is 0.667 bits per heavy atom. The Morgan fingerprint density at radius 3 is 1.59 bits per heavy atom. The van der Waals surface area contributed by atoms with Crippen molar-refractivity contribution in [2.24, 2.45) is 0 Å². The highest BCUT2D eigenvalue weighted by molar-refractivity contribution is 7.99. The third-order valence-corrected chi connectivity index (χ3v) is 13.0. The number of methoxy groups -OCH3 is 1. The number of benzene rings is 3. The van der Waals surface area contributed by atoms with Crippen LogP contribution in [0.4, 0.5) is 17.1 Å². The van der Waals surface area contributed by atoms with E-state index in [9.17, 15) is 30.3 Å². The maximum atomic E-state index is 11.8. The van der Waals surface area contributed by atoms with Crippen LogP contribution in [0.15, 0.2) is 81.6 Å². The molecule has 18 heteroatoms. The second-order valence-corrected chi connectivity index (χ2v) is 16.8. The van der Waals surface area contributed by atoms with Gasteiger partial charge in [0, 0.05) is 22.6 Å². The fourth-order valence-electron chi connectivity index (χ4n) is 6.81. The molecule has 0 saturated carbocycles. The molecule has 15 nitrogen and oxygen atoms in total. The summed E-state index contributed by atoms with van der Waals surface area (Å²) in [4.78, 5) is 29.8. The average Bonchev–Trinajstić information content (AvgIpc) is 3.86. The molecule has 5 aromatic rings. The molecule has 8 rings (SSSR count). The number of rotatable bonds is 17. The zero-order valence-electron chi connectivity index (χ0n) is 33.5. The standard InChI is InChI=1S/C45H37N3O12S3/c1-53-10-11-54-12-13-55-14-15-56-31-6-4-30(5-7-31)48-32-8-2-26(42-40-38(57-16-18-59-40)36(62-42)22-28(24-46)44(49)50)20-34(32)61-35-21-27(3-9-33(35)48)43-41-39(58-17-19-60-41)37(63-43)23-29(25-47)45(51)52/h2-9,20-23H,10-19H2,1H3,(H,49,50)(H,51,52)/b28-22-,29-23-. The number of nitriles is 2. The molecule has 3 aliphatic heterocycles. The molecule has 3 aromatic carbocycles. The number of anilines is 3. The highest BCUT2D eigenvalue weighted by Gasteiger charge is 2.31. The van der Waals surface area contributed by atoms with E-state index in [1.54, 1.807) is 31.0 Å². The van der Waals surface area contributed by atoms with Crippen LogP contribution in [0, 0.1) is 22.7 Å². The lowest BCUT2D eigenvalue weighted by atomic mass is 10.1. The number of ether oxygens (including phenoxy) is 8. The van der Waals surface area contributed by atoms with Crippen LogP contribution in [0.3, 0.4) is 0 Å². The zero-order chi connectivity index (χ0) is 43.9. The molecule has 322 valence electrons. The monoisotopic (exact) mass is 907 g/mol. The van der Waals surface area contributed by atoms with Crippen molar-refractivity contribution in [2.75, 3.05) is 78.1 Å². The van der Waals surface area contributed by atoms with Gasteiger partial charge in [0.1, 0.15) is 62.1 Å². The summed E-state index contributed by atoms with van der Waals surface area (Å²) >= 11 is 4.11. The molecule has 0 amide bonds.